The van der Waals surface area contributed by atoms with Crippen LogP contribution in [0.2, 0.25) is 0 Å². The molecule has 5 aromatic rings. The Hall–Kier alpha value is -4.42. The van der Waals surface area contributed by atoms with Crippen molar-refractivity contribution in [2.24, 2.45) is 0 Å². The fourth-order valence-corrected chi connectivity index (χ4v) is 4.68. The molecule has 0 saturated heterocycles. The monoisotopic (exact) mass is 510 g/mol. The summed E-state index contributed by atoms with van der Waals surface area (Å²) < 4.78 is 8.13. The number of ether oxygens (including phenoxy) is 1. The maximum Gasteiger partial charge on any atom is 0.408 e. The van der Waals surface area contributed by atoms with Crippen molar-refractivity contribution in [1.29, 1.82) is 0 Å². The lowest BCUT2D eigenvalue weighted by atomic mass is 10.2. The van der Waals surface area contributed by atoms with Crippen molar-refractivity contribution in [1.82, 2.24) is 25.1 Å². The number of benzene rings is 2. The van der Waals surface area contributed by atoms with Crippen LogP contribution in [0.25, 0.3) is 21.1 Å². The standard InChI is InChI=1S/C28H26N6O2S/c1-28(2,3)36-27(35)29-13-7-10-22-15-23-25(37-22)26(31-18-30-23)33-21-11-12-24-20(14-21)16-32-34(24)17-19-8-5-4-6-9-19/h4-6,8-9,11-12,14-16,18H,13,17H2,1-3H3,(H,29,35)(H,30,31,33). The summed E-state index contributed by atoms with van der Waals surface area (Å²) in [6, 6.07) is 18.4. The molecule has 0 aliphatic rings. The Morgan fingerprint density at radius 3 is 2.76 bits per heavy atom. The van der Waals surface area contributed by atoms with Gasteiger partial charge in [-0.25, -0.2) is 14.8 Å². The molecule has 0 bridgehead atoms. The van der Waals surface area contributed by atoms with Crippen molar-refractivity contribution < 1.29 is 9.53 Å². The Morgan fingerprint density at radius 2 is 1.95 bits per heavy atom. The maximum absolute atomic E-state index is 11.8. The molecular weight excluding hydrogens is 484 g/mol. The average molecular weight is 511 g/mol. The van der Waals surface area contributed by atoms with Gasteiger partial charge in [-0.1, -0.05) is 42.2 Å². The van der Waals surface area contributed by atoms with E-state index in [2.05, 4.69) is 61.8 Å². The lowest BCUT2D eigenvalue weighted by Crippen LogP contribution is -2.32. The first-order valence-corrected chi connectivity index (χ1v) is 12.6. The van der Waals surface area contributed by atoms with E-state index in [4.69, 9.17) is 4.74 Å². The zero-order valence-electron chi connectivity index (χ0n) is 20.8. The zero-order chi connectivity index (χ0) is 25.8. The third kappa shape index (κ3) is 6.05. The van der Waals surface area contributed by atoms with Gasteiger partial charge in [0.15, 0.2) is 5.82 Å². The van der Waals surface area contributed by atoms with E-state index in [1.54, 1.807) is 0 Å². The minimum absolute atomic E-state index is 0.192. The quantitative estimate of drug-likeness (QED) is 0.294. The van der Waals surface area contributed by atoms with Crippen LogP contribution in [-0.2, 0) is 11.3 Å². The van der Waals surface area contributed by atoms with Crippen molar-refractivity contribution in [3.05, 3.63) is 77.6 Å². The highest BCUT2D eigenvalue weighted by Gasteiger charge is 2.15. The van der Waals surface area contributed by atoms with Gasteiger partial charge >= 0.3 is 6.09 Å². The van der Waals surface area contributed by atoms with E-state index in [9.17, 15) is 4.79 Å². The maximum atomic E-state index is 11.8. The van der Waals surface area contributed by atoms with Crippen LogP contribution in [0.15, 0.2) is 67.1 Å². The summed E-state index contributed by atoms with van der Waals surface area (Å²) in [6.07, 6.45) is 2.93. The van der Waals surface area contributed by atoms with Crippen molar-refractivity contribution in [2.75, 3.05) is 11.9 Å². The van der Waals surface area contributed by atoms with Gasteiger partial charge in [0.1, 0.15) is 11.9 Å². The fraction of sp³-hybridized carbons (Fsp3) is 0.214. The van der Waals surface area contributed by atoms with Gasteiger partial charge < -0.3 is 15.4 Å². The van der Waals surface area contributed by atoms with E-state index in [0.717, 1.165) is 38.2 Å². The van der Waals surface area contributed by atoms with Gasteiger partial charge in [-0.15, -0.1) is 11.3 Å². The number of anilines is 2. The smallest absolute Gasteiger partial charge is 0.408 e. The van der Waals surface area contributed by atoms with Crippen LogP contribution < -0.4 is 10.6 Å². The molecule has 2 aromatic carbocycles. The Balaban J connectivity index is 1.29. The topological polar surface area (TPSA) is 94.0 Å². The van der Waals surface area contributed by atoms with Gasteiger partial charge in [-0.05, 0) is 50.6 Å². The molecule has 0 fully saturated rings. The first kappa shape index (κ1) is 24.3. The summed E-state index contributed by atoms with van der Waals surface area (Å²) in [5.41, 5.74) is 3.45. The molecule has 1 amide bonds. The number of rotatable bonds is 5. The molecule has 0 spiro atoms. The molecule has 37 heavy (non-hydrogen) atoms. The first-order valence-electron chi connectivity index (χ1n) is 11.8. The Kier molecular flexibility index (Phi) is 6.75. The number of carbonyl (C=O) groups excluding carboxylic acids is 1. The van der Waals surface area contributed by atoms with E-state index >= 15 is 0 Å². The summed E-state index contributed by atoms with van der Waals surface area (Å²) >= 11 is 1.50. The van der Waals surface area contributed by atoms with Crippen LogP contribution in [0.5, 0.6) is 0 Å². The molecule has 0 unspecified atom stereocenters. The second-order valence-electron chi connectivity index (χ2n) is 9.39. The van der Waals surface area contributed by atoms with Gasteiger partial charge in [0.05, 0.1) is 39.9 Å². The Bertz CT molecular complexity index is 1620. The van der Waals surface area contributed by atoms with Crippen LogP contribution >= 0.6 is 11.3 Å². The SMILES string of the molecule is CC(C)(C)OC(=O)NCC#Cc1cc2ncnc(Nc3ccc4c(cnn4Cc4ccccc4)c3)c2s1. The van der Waals surface area contributed by atoms with E-state index in [1.165, 1.54) is 23.2 Å². The number of aromatic nitrogens is 4. The largest absolute Gasteiger partial charge is 0.444 e. The number of carbonyl (C=O) groups is 1. The first-order chi connectivity index (χ1) is 17.8. The van der Waals surface area contributed by atoms with Crippen molar-refractivity contribution in [3.63, 3.8) is 0 Å². The summed E-state index contributed by atoms with van der Waals surface area (Å²) in [5.74, 6) is 6.75. The van der Waals surface area contributed by atoms with Crippen LogP contribution in [0.3, 0.4) is 0 Å². The van der Waals surface area contributed by atoms with Gasteiger partial charge in [-0.3, -0.25) is 4.68 Å². The zero-order valence-corrected chi connectivity index (χ0v) is 21.6. The molecule has 0 saturated carbocycles. The van der Waals surface area contributed by atoms with E-state index < -0.39 is 11.7 Å². The Morgan fingerprint density at radius 1 is 1.11 bits per heavy atom. The summed E-state index contributed by atoms with van der Waals surface area (Å²) in [6.45, 7) is 6.37. The summed E-state index contributed by atoms with van der Waals surface area (Å²) in [5, 5.41) is 11.7. The van der Waals surface area contributed by atoms with Gasteiger partial charge in [-0.2, -0.15) is 5.10 Å². The minimum atomic E-state index is -0.543. The van der Waals surface area contributed by atoms with E-state index in [0.29, 0.717) is 5.82 Å². The Labute approximate surface area is 218 Å². The predicted octanol–water partition coefficient (Wildman–Crippen LogP) is 5.71. The number of thiophene rings is 1. The molecule has 9 heteroatoms. The second kappa shape index (κ2) is 10.3. The van der Waals surface area contributed by atoms with Gasteiger partial charge in [0, 0.05) is 11.1 Å². The fourth-order valence-electron chi connectivity index (χ4n) is 3.75. The predicted molar refractivity (Wildman–Crippen MR) is 147 cm³/mol. The van der Waals surface area contributed by atoms with Crippen LogP contribution in [0.4, 0.5) is 16.3 Å². The number of nitrogens with zero attached hydrogens (tertiary/aromatic N) is 4. The van der Waals surface area contributed by atoms with Crippen LogP contribution in [0, 0.1) is 11.8 Å². The van der Waals surface area contributed by atoms with E-state index in [1.807, 2.05) is 62.0 Å². The number of fused-ring (bicyclic) bond motifs is 2. The molecule has 3 heterocycles. The molecule has 0 aliphatic heterocycles. The normalized spacial score (nSPS) is 11.2. The molecule has 186 valence electrons. The summed E-state index contributed by atoms with van der Waals surface area (Å²) in [7, 11) is 0. The second-order valence-corrected chi connectivity index (χ2v) is 10.4. The number of hydrogen-bond acceptors (Lipinski definition) is 7. The molecule has 0 atom stereocenters. The molecule has 0 radical (unpaired) electrons. The minimum Gasteiger partial charge on any atom is -0.444 e. The molecule has 2 N–H and O–H groups in total. The van der Waals surface area contributed by atoms with Gasteiger partial charge in [0.2, 0.25) is 0 Å². The third-order valence-electron chi connectivity index (χ3n) is 5.32. The van der Waals surface area contributed by atoms with Gasteiger partial charge in [0.25, 0.3) is 0 Å². The molecule has 3 aromatic heterocycles. The van der Waals surface area contributed by atoms with Crippen molar-refractivity contribution >= 4 is 50.1 Å². The molecule has 0 aliphatic carbocycles. The lowest BCUT2D eigenvalue weighted by molar-refractivity contribution is 0.0535. The number of nitrogens with one attached hydrogen (secondary N) is 2. The van der Waals surface area contributed by atoms with Crippen molar-refractivity contribution in [3.8, 4) is 11.8 Å². The highest BCUT2D eigenvalue weighted by Crippen LogP contribution is 2.31. The van der Waals surface area contributed by atoms with E-state index in [-0.39, 0.29) is 6.54 Å². The summed E-state index contributed by atoms with van der Waals surface area (Å²) in [4.78, 5) is 21.4. The molecule has 5 rings (SSSR count). The third-order valence-corrected chi connectivity index (χ3v) is 6.37. The number of alkyl carbamates (subject to hydrolysis) is 1. The molecule has 8 nitrogen and oxygen atoms in total. The van der Waals surface area contributed by atoms with Crippen LogP contribution in [-0.4, -0.2) is 38.0 Å². The van der Waals surface area contributed by atoms with Crippen LogP contribution in [0.1, 0.15) is 31.2 Å². The average Bonchev–Trinajstić information content (AvgIpc) is 3.46. The molecular formula is C28H26N6O2S. The highest BCUT2D eigenvalue weighted by molar-refractivity contribution is 7.20. The number of hydrogen-bond donors (Lipinski definition) is 2. The van der Waals surface area contributed by atoms with Crippen molar-refractivity contribution in [2.45, 2.75) is 32.9 Å². The number of amides is 1. The lowest BCUT2D eigenvalue weighted by Gasteiger charge is -2.18. The highest BCUT2D eigenvalue weighted by atomic mass is 32.1.